The van der Waals surface area contributed by atoms with Gasteiger partial charge in [-0.1, -0.05) is 12.1 Å². The molecule has 8 heteroatoms. The maximum Gasteiger partial charge on any atom is 0.147 e. The Hall–Kier alpha value is -2.22. The highest BCUT2D eigenvalue weighted by atomic mass is 35.5. The zero-order chi connectivity index (χ0) is 18.1. The predicted octanol–water partition coefficient (Wildman–Crippen LogP) is 2.37. The van der Waals surface area contributed by atoms with Gasteiger partial charge in [-0.05, 0) is 49.7 Å². The fourth-order valence-electron chi connectivity index (χ4n) is 4.20. The number of hydrogen-bond donors (Lipinski definition) is 1. The van der Waals surface area contributed by atoms with Crippen LogP contribution in [0.3, 0.4) is 0 Å². The number of fused-ring (bicyclic) bond motifs is 1. The summed E-state index contributed by atoms with van der Waals surface area (Å²) in [6.45, 7) is 6.11. The second kappa shape index (κ2) is 8.43. The van der Waals surface area contributed by atoms with Gasteiger partial charge in [0.05, 0.1) is 12.2 Å². The number of benzene rings is 1. The lowest BCUT2D eigenvalue weighted by molar-refractivity contribution is 0.199. The fraction of sp³-hybridized carbons (Fsp3) is 0.450. The second-order valence-electron chi connectivity index (χ2n) is 7.47. The number of likely N-dealkylation sites (tertiary alicyclic amines) is 1. The number of rotatable bonds is 4. The van der Waals surface area contributed by atoms with Gasteiger partial charge < -0.3 is 9.88 Å². The van der Waals surface area contributed by atoms with Gasteiger partial charge in [0.25, 0.3) is 0 Å². The second-order valence-corrected chi connectivity index (χ2v) is 7.47. The normalized spacial score (nSPS) is 17.9. The van der Waals surface area contributed by atoms with Crippen LogP contribution < -0.4 is 5.32 Å². The van der Waals surface area contributed by atoms with Gasteiger partial charge in [-0.25, -0.2) is 4.68 Å². The predicted molar refractivity (Wildman–Crippen MR) is 110 cm³/mol. The Labute approximate surface area is 171 Å². The Balaban J connectivity index is 0.00000192. The number of halogens is 1. The molecule has 1 saturated heterocycles. The molecule has 28 heavy (non-hydrogen) atoms. The number of nitrogens with one attached hydrogen (secondary N) is 1. The minimum atomic E-state index is 0. The van der Waals surface area contributed by atoms with Crippen molar-refractivity contribution in [2.24, 2.45) is 0 Å². The first kappa shape index (κ1) is 19.1. The standard InChI is InChI=1S/C20H25N7.ClH/c1-8-22-27(10-1)18-4-2-16(3-5-18)15-25-11-6-17(7-12-25)20-24-23-19-14-21-9-13-26(19)20;/h1-5,8,10,17,21H,6-7,9,11-15H2;1H. The monoisotopic (exact) mass is 399 g/mol. The van der Waals surface area contributed by atoms with Gasteiger partial charge >= 0.3 is 0 Å². The first-order chi connectivity index (χ1) is 13.4. The molecule has 0 radical (unpaired) electrons. The van der Waals surface area contributed by atoms with E-state index >= 15 is 0 Å². The first-order valence-corrected chi connectivity index (χ1v) is 9.81. The Bertz CT molecular complexity index is 880. The summed E-state index contributed by atoms with van der Waals surface area (Å²) in [5.74, 6) is 2.84. The van der Waals surface area contributed by atoms with Crippen molar-refractivity contribution in [1.82, 2.24) is 34.8 Å². The third-order valence-electron chi connectivity index (χ3n) is 5.72. The smallest absolute Gasteiger partial charge is 0.147 e. The molecule has 0 aliphatic carbocycles. The molecule has 0 amide bonds. The lowest BCUT2D eigenvalue weighted by atomic mass is 9.95. The van der Waals surface area contributed by atoms with E-state index in [0.717, 1.165) is 63.6 Å². The first-order valence-electron chi connectivity index (χ1n) is 9.81. The van der Waals surface area contributed by atoms with E-state index in [-0.39, 0.29) is 12.4 Å². The quantitative estimate of drug-likeness (QED) is 0.729. The maximum absolute atomic E-state index is 4.51. The summed E-state index contributed by atoms with van der Waals surface area (Å²) in [5.41, 5.74) is 2.46. The van der Waals surface area contributed by atoms with Gasteiger partial charge in [0, 0.05) is 37.9 Å². The van der Waals surface area contributed by atoms with Gasteiger partial charge in [0.15, 0.2) is 0 Å². The van der Waals surface area contributed by atoms with Crippen LogP contribution in [-0.4, -0.2) is 49.1 Å². The minimum Gasteiger partial charge on any atom is -0.312 e. The summed E-state index contributed by atoms with van der Waals surface area (Å²) in [7, 11) is 0. The third kappa shape index (κ3) is 3.83. The fourth-order valence-corrected chi connectivity index (χ4v) is 4.20. The molecular weight excluding hydrogens is 374 g/mol. The Morgan fingerprint density at radius 3 is 2.61 bits per heavy atom. The highest BCUT2D eigenvalue weighted by Gasteiger charge is 2.26. The molecular formula is C20H26ClN7. The zero-order valence-corrected chi connectivity index (χ0v) is 16.7. The van der Waals surface area contributed by atoms with Crippen LogP contribution in [0.5, 0.6) is 0 Å². The topological polar surface area (TPSA) is 63.8 Å². The van der Waals surface area contributed by atoms with Crippen molar-refractivity contribution in [3.05, 3.63) is 59.9 Å². The van der Waals surface area contributed by atoms with Crippen molar-refractivity contribution in [3.63, 3.8) is 0 Å². The van der Waals surface area contributed by atoms with Crippen LogP contribution in [0.25, 0.3) is 5.69 Å². The van der Waals surface area contributed by atoms with E-state index in [0.29, 0.717) is 5.92 Å². The summed E-state index contributed by atoms with van der Waals surface area (Å²) in [6, 6.07) is 10.7. The van der Waals surface area contributed by atoms with Crippen LogP contribution in [-0.2, 0) is 19.6 Å². The van der Waals surface area contributed by atoms with Crippen molar-refractivity contribution in [1.29, 1.82) is 0 Å². The highest BCUT2D eigenvalue weighted by molar-refractivity contribution is 5.85. The SMILES string of the molecule is Cl.c1cnn(-c2ccc(CN3CCC(c4nnc5n4CCNC5)CC3)cc2)c1. The molecule has 148 valence electrons. The maximum atomic E-state index is 4.51. The average Bonchev–Trinajstić information content (AvgIpc) is 3.39. The van der Waals surface area contributed by atoms with Crippen LogP contribution >= 0.6 is 12.4 Å². The molecule has 0 unspecified atom stereocenters. The molecule has 2 aliphatic rings. The van der Waals surface area contributed by atoms with Gasteiger partial charge in [0.2, 0.25) is 0 Å². The van der Waals surface area contributed by atoms with Crippen LogP contribution in [0.15, 0.2) is 42.7 Å². The Kier molecular flexibility index (Phi) is 5.75. The largest absolute Gasteiger partial charge is 0.312 e. The summed E-state index contributed by atoms with van der Waals surface area (Å²) in [6.07, 6.45) is 6.11. The minimum absolute atomic E-state index is 0. The lowest BCUT2D eigenvalue weighted by Crippen LogP contribution is -2.34. The van der Waals surface area contributed by atoms with Crippen LogP contribution in [0.4, 0.5) is 0 Å². The number of hydrogen-bond acceptors (Lipinski definition) is 5. The van der Waals surface area contributed by atoms with E-state index in [1.165, 1.54) is 11.4 Å². The zero-order valence-electron chi connectivity index (χ0n) is 15.9. The van der Waals surface area contributed by atoms with Crippen molar-refractivity contribution < 1.29 is 0 Å². The number of aromatic nitrogens is 5. The van der Waals surface area contributed by atoms with Gasteiger partial charge in [-0.2, -0.15) is 5.10 Å². The van der Waals surface area contributed by atoms with Crippen molar-refractivity contribution >= 4 is 12.4 Å². The van der Waals surface area contributed by atoms with Gasteiger partial charge in [-0.15, -0.1) is 22.6 Å². The van der Waals surface area contributed by atoms with Crippen molar-refractivity contribution in [3.8, 4) is 5.69 Å². The van der Waals surface area contributed by atoms with Gasteiger partial charge in [-0.3, -0.25) is 4.90 Å². The van der Waals surface area contributed by atoms with Crippen LogP contribution in [0.2, 0.25) is 0 Å². The molecule has 0 bridgehead atoms. The van der Waals surface area contributed by atoms with E-state index in [2.05, 4.69) is 54.3 Å². The molecule has 2 aliphatic heterocycles. The molecule has 0 saturated carbocycles. The number of nitrogens with zero attached hydrogens (tertiary/aromatic N) is 6. The molecule has 3 aromatic rings. The molecule has 2 aromatic heterocycles. The third-order valence-corrected chi connectivity index (χ3v) is 5.72. The van der Waals surface area contributed by atoms with E-state index in [1.807, 2.05) is 16.9 Å². The summed E-state index contributed by atoms with van der Waals surface area (Å²) >= 11 is 0. The molecule has 5 rings (SSSR count). The van der Waals surface area contributed by atoms with Gasteiger partial charge in [0.1, 0.15) is 11.6 Å². The molecule has 4 heterocycles. The van der Waals surface area contributed by atoms with E-state index in [9.17, 15) is 0 Å². The van der Waals surface area contributed by atoms with E-state index < -0.39 is 0 Å². The van der Waals surface area contributed by atoms with E-state index in [4.69, 9.17) is 0 Å². The van der Waals surface area contributed by atoms with Crippen molar-refractivity contribution in [2.75, 3.05) is 19.6 Å². The molecule has 1 N–H and O–H groups in total. The van der Waals surface area contributed by atoms with Crippen molar-refractivity contribution in [2.45, 2.75) is 38.4 Å². The summed E-state index contributed by atoms with van der Waals surface area (Å²) in [4.78, 5) is 2.55. The number of piperidine rings is 1. The van der Waals surface area contributed by atoms with Crippen LogP contribution in [0, 0.1) is 0 Å². The molecule has 1 fully saturated rings. The average molecular weight is 400 g/mol. The Morgan fingerprint density at radius 1 is 1.04 bits per heavy atom. The Morgan fingerprint density at radius 2 is 1.86 bits per heavy atom. The highest BCUT2D eigenvalue weighted by Crippen LogP contribution is 2.28. The van der Waals surface area contributed by atoms with Crippen LogP contribution in [0.1, 0.15) is 36.0 Å². The molecule has 0 atom stereocenters. The van der Waals surface area contributed by atoms with E-state index in [1.54, 1.807) is 6.20 Å². The molecule has 0 spiro atoms. The molecule has 1 aromatic carbocycles. The summed E-state index contributed by atoms with van der Waals surface area (Å²) in [5, 5.41) is 16.5. The lowest BCUT2D eigenvalue weighted by Gasteiger charge is -2.32. The molecule has 7 nitrogen and oxygen atoms in total. The summed E-state index contributed by atoms with van der Waals surface area (Å²) < 4.78 is 4.23.